The number of nitrogens with zero attached hydrogens (tertiary/aromatic N) is 4. The molecule has 2 heterocycles. The molecule has 0 atom stereocenters. The second-order valence-corrected chi connectivity index (χ2v) is 4.12. The van der Waals surface area contributed by atoms with Crippen LogP contribution in [0.5, 0.6) is 0 Å². The maximum atomic E-state index is 12.1. The van der Waals surface area contributed by atoms with E-state index in [1.165, 1.54) is 0 Å². The van der Waals surface area contributed by atoms with E-state index in [1.54, 1.807) is 4.90 Å². The Morgan fingerprint density at radius 2 is 1.76 bits per heavy atom. The molecule has 0 bridgehead atoms. The number of rotatable bonds is 1. The first kappa shape index (κ1) is 10.1. The molecule has 5 heteroatoms. The van der Waals surface area contributed by atoms with Crippen LogP contribution in [-0.4, -0.2) is 39.1 Å². The standard InChI is InChI=1S/C12H12N4O/c17-12(16-7-3-4-8-16)11-13-9-5-1-2-6-10(9)14-15-11/h1-2,5-6H,3-4,7-8H2. The number of aromatic nitrogens is 3. The minimum atomic E-state index is -0.110. The molecule has 0 saturated carbocycles. The van der Waals surface area contributed by atoms with E-state index in [-0.39, 0.29) is 11.7 Å². The van der Waals surface area contributed by atoms with Gasteiger partial charge in [-0.25, -0.2) is 4.98 Å². The number of carbonyl (C=O) groups excluding carboxylic acids is 1. The fourth-order valence-electron chi connectivity index (χ4n) is 2.03. The topological polar surface area (TPSA) is 59.0 Å². The van der Waals surface area contributed by atoms with Gasteiger partial charge in [-0.15, -0.1) is 10.2 Å². The summed E-state index contributed by atoms with van der Waals surface area (Å²) in [5.41, 5.74) is 1.43. The predicted octanol–water partition coefficient (Wildman–Crippen LogP) is 1.26. The van der Waals surface area contributed by atoms with Crippen molar-refractivity contribution in [2.75, 3.05) is 13.1 Å². The molecule has 17 heavy (non-hydrogen) atoms. The summed E-state index contributed by atoms with van der Waals surface area (Å²) in [6, 6.07) is 7.42. The van der Waals surface area contributed by atoms with Crippen molar-refractivity contribution in [3.8, 4) is 0 Å². The Hall–Kier alpha value is -2.04. The van der Waals surface area contributed by atoms with Gasteiger partial charge in [0.15, 0.2) is 0 Å². The molecule has 0 N–H and O–H groups in total. The van der Waals surface area contributed by atoms with Crippen LogP contribution in [0.25, 0.3) is 11.0 Å². The van der Waals surface area contributed by atoms with Crippen LogP contribution in [0.1, 0.15) is 23.5 Å². The second kappa shape index (κ2) is 4.08. The van der Waals surface area contributed by atoms with Gasteiger partial charge in [0.05, 0.1) is 5.52 Å². The number of fused-ring (bicyclic) bond motifs is 1. The number of amides is 1. The summed E-state index contributed by atoms with van der Waals surface area (Å²) >= 11 is 0. The zero-order chi connectivity index (χ0) is 11.7. The van der Waals surface area contributed by atoms with Crippen molar-refractivity contribution in [2.24, 2.45) is 0 Å². The molecule has 1 aliphatic rings. The maximum Gasteiger partial charge on any atom is 0.293 e. The van der Waals surface area contributed by atoms with Crippen molar-refractivity contribution in [3.63, 3.8) is 0 Å². The number of para-hydroxylation sites is 1. The number of likely N-dealkylation sites (tertiary alicyclic amines) is 1. The minimum absolute atomic E-state index is 0.110. The van der Waals surface area contributed by atoms with Crippen LogP contribution < -0.4 is 0 Å². The summed E-state index contributed by atoms with van der Waals surface area (Å²) in [6.07, 6.45) is 2.12. The van der Waals surface area contributed by atoms with Crippen molar-refractivity contribution in [3.05, 3.63) is 30.1 Å². The van der Waals surface area contributed by atoms with Crippen LogP contribution >= 0.6 is 0 Å². The van der Waals surface area contributed by atoms with E-state index in [1.807, 2.05) is 24.3 Å². The summed E-state index contributed by atoms with van der Waals surface area (Å²) in [6.45, 7) is 1.60. The lowest BCUT2D eigenvalue weighted by Crippen LogP contribution is -2.29. The average Bonchev–Trinajstić information content (AvgIpc) is 2.91. The fraction of sp³-hybridized carbons (Fsp3) is 0.333. The van der Waals surface area contributed by atoms with Crippen molar-refractivity contribution in [1.29, 1.82) is 0 Å². The third kappa shape index (κ3) is 1.84. The van der Waals surface area contributed by atoms with Gasteiger partial charge in [0.1, 0.15) is 5.52 Å². The highest BCUT2D eigenvalue weighted by Crippen LogP contribution is 2.12. The van der Waals surface area contributed by atoms with E-state index < -0.39 is 0 Å². The molecule has 0 unspecified atom stereocenters. The fourth-order valence-corrected chi connectivity index (χ4v) is 2.03. The number of benzene rings is 1. The zero-order valence-corrected chi connectivity index (χ0v) is 9.33. The van der Waals surface area contributed by atoms with E-state index in [9.17, 15) is 4.79 Å². The normalized spacial score (nSPS) is 15.4. The molecule has 1 saturated heterocycles. The number of hydrogen-bond acceptors (Lipinski definition) is 4. The Labute approximate surface area is 98.5 Å². The van der Waals surface area contributed by atoms with Crippen LogP contribution in [0.3, 0.4) is 0 Å². The van der Waals surface area contributed by atoms with Crippen LogP contribution in [0.15, 0.2) is 24.3 Å². The Morgan fingerprint density at radius 1 is 1.06 bits per heavy atom. The van der Waals surface area contributed by atoms with Crippen LogP contribution in [-0.2, 0) is 0 Å². The van der Waals surface area contributed by atoms with Gasteiger partial charge in [0.25, 0.3) is 5.91 Å². The first-order chi connectivity index (χ1) is 8.34. The minimum Gasteiger partial charge on any atom is -0.336 e. The molecule has 0 spiro atoms. The molecular formula is C12H12N4O. The second-order valence-electron chi connectivity index (χ2n) is 4.12. The van der Waals surface area contributed by atoms with Crippen LogP contribution in [0.2, 0.25) is 0 Å². The van der Waals surface area contributed by atoms with Gasteiger partial charge in [-0.1, -0.05) is 12.1 Å². The molecule has 2 aromatic rings. The monoisotopic (exact) mass is 228 g/mol. The van der Waals surface area contributed by atoms with Gasteiger partial charge in [-0.05, 0) is 25.0 Å². The van der Waals surface area contributed by atoms with Gasteiger partial charge >= 0.3 is 0 Å². The van der Waals surface area contributed by atoms with Crippen LogP contribution in [0, 0.1) is 0 Å². The van der Waals surface area contributed by atoms with E-state index in [0.29, 0.717) is 11.0 Å². The lowest BCUT2D eigenvalue weighted by Gasteiger charge is -2.13. The molecule has 0 aliphatic carbocycles. The van der Waals surface area contributed by atoms with Crippen molar-refractivity contribution >= 4 is 16.9 Å². The van der Waals surface area contributed by atoms with Crippen LogP contribution in [0.4, 0.5) is 0 Å². The Balaban J connectivity index is 1.97. The number of carbonyl (C=O) groups is 1. The van der Waals surface area contributed by atoms with Gasteiger partial charge < -0.3 is 4.90 Å². The summed E-state index contributed by atoms with van der Waals surface area (Å²) in [7, 11) is 0. The molecule has 1 amide bonds. The molecular weight excluding hydrogens is 216 g/mol. The molecule has 86 valence electrons. The van der Waals surface area contributed by atoms with Gasteiger partial charge in [-0.2, -0.15) is 0 Å². The highest BCUT2D eigenvalue weighted by molar-refractivity contribution is 5.92. The van der Waals surface area contributed by atoms with Crippen molar-refractivity contribution in [1.82, 2.24) is 20.1 Å². The van der Waals surface area contributed by atoms with E-state index >= 15 is 0 Å². The molecule has 1 fully saturated rings. The van der Waals surface area contributed by atoms with E-state index in [2.05, 4.69) is 15.2 Å². The largest absolute Gasteiger partial charge is 0.336 e. The Bertz CT molecular complexity index is 563. The molecule has 1 aliphatic heterocycles. The average molecular weight is 228 g/mol. The molecule has 0 radical (unpaired) electrons. The quantitative estimate of drug-likeness (QED) is 0.737. The first-order valence-corrected chi connectivity index (χ1v) is 5.73. The van der Waals surface area contributed by atoms with Gasteiger partial charge in [-0.3, -0.25) is 4.79 Å². The van der Waals surface area contributed by atoms with E-state index in [4.69, 9.17) is 0 Å². The highest BCUT2D eigenvalue weighted by atomic mass is 16.2. The lowest BCUT2D eigenvalue weighted by atomic mass is 10.3. The zero-order valence-electron chi connectivity index (χ0n) is 9.33. The third-order valence-electron chi connectivity index (χ3n) is 2.95. The molecule has 3 rings (SSSR count). The lowest BCUT2D eigenvalue weighted by molar-refractivity contribution is 0.0780. The summed E-state index contributed by atoms with van der Waals surface area (Å²) in [4.78, 5) is 18.1. The highest BCUT2D eigenvalue weighted by Gasteiger charge is 2.22. The predicted molar refractivity (Wildman–Crippen MR) is 62.5 cm³/mol. The van der Waals surface area contributed by atoms with Gasteiger partial charge in [0.2, 0.25) is 5.82 Å². The van der Waals surface area contributed by atoms with Crippen molar-refractivity contribution in [2.45, 2.75) is 12.8 Å². The summed E-state index contributed by atoms with van der Waals surface area (Å²) in [5, 5.41) is 7.91. The Kier molecular flexibility index (Phi) is 2.44. The van der Waals surface area contributed by atoms with E-state index in [0.717, 1.165) is 25.9 Å². The molecule has 1 aromatic carbocycles. The Morgan fingerprint density at radius 3 is 2.53 bits per heavy atom. The summed E-state index contributed by atoms with van der Waals surface area (Å²) < 4.78 is 0. The van der Waals surface area contributed by atoms with Crippen molar-refractivity contribution < 1.29 is 4.79 Å². The maximum absolute atomic E-state index is 12.1. The third-order valence-corrected chi connectivity index (χ3v) is 2.95. The summed E-state index contributed by atoms with van der Waals surface area (Å²) in [5.74, 6) is 0.0892. The smallest absolute Gasteiger partial charge is 0.293 e. The molecule has 5 nitrogen and oxygen atoms in total. The number of hydrogen-bond donors (Lipinski definition) is 0. The molecule has 1 aromatic heterocycles. The SMILES string of the molecule is O=C(c1nnc2ccccc2n1)N1CCCC1. The van der Waals surface area contributed by atoms with Gasteiger partial charge in [0, 0.05) is 13.1 Å². The first-order valence-electron chi connectivity index (χ1n) is 5.73.